The second kappa shape index (κ2) is 8.91. The molecule has 0 bridgehead atoms. The topological polar surface area (TPSA) is 101 Å². The summed E-state index contributed by atoms with van der Waals surface area (Å²) in [6, 6.07) is 12.5. The predicted octanol–water partition coefficient (Wildman–Crippen LogP) is 3.98. The van der Waals surface area contributed by atoms with Crippen molar-refractivity contribution in [1.29, 1.82) is 0 Å². The Morgan fingerprint density at radius 3 is 2.55 bits per heavy atom. The molecule has 31 heavy (non-hydrogen) atoms. The summed E-state index contributed by atoms with van der Waals surface area (Å²) in [4.78, 5) is 12.7. The molecule has 0 spiro atoms. The van der Waals surface area contributed by atoms with Crippen LogP contribution in [0.2, 0.25) is 5.02 Å². The number of ether oxygens (including phenoxy) is 1. The lowest BCUT2D eigenvalue weighted by atomic mass is 10.2. The van der Waals surface area contributed by atoms with E-state index in [4.69, 9.17) is 16.3 Å². The zero-order chi connectivity index (χ0) is 22.0. The van der Waals surface area contributed by atoms with Crippen molar-refractivity contribution in [3.63, 3.8) is 0 Å². The number of hydrogen-bond acceptors (Lipinski definition) is 7. The molecule has 1 aliphatic rings. The highest BCUT2D eigenvalue weighted by Crippen LogP contribution is 2.38. The summed E-state index contributed by atoms with van der Waals surface area (Å²) in [5, 5.41) is 12.1. The maximum atomic E-state index is 13.2. The van der Waals surface area contributed by atoms with Crippen LogP contribution in [0.15, 0.2) is 53.4 Å². The van der Waals surface area contributed by atoms with E-state index in [0.717, 1.165) is 11.3 Å². The average molecular weight is 479 g/mol. The first-order valence-corrected chi connectivity index (χ1v) is 12.1. The molecule has 1 aliphatic heterocycles. The molecule has 1 atom stereocenters. The molecule has 8 nitrogen and oxygen atoms in total. The van der Waals surface area contributed by atoms with Crippen LogP contribution in [0, 0.1) is 0 Å². The van der Waals surface area contributed by atoms with E-state index in [1.807, 2.05) is 0 Å². The largest absolute Gasteiger partial charge is 0.497 e. The van der Waals surface area contributed by atoms with Crippen LogP contribution < -0.4 is 10.1 Å². The van der Waals surface area contributed by atoms with Gasteiger partial charge in [-0.05, 0) is 61.4 Å². The second-order valence-corrected chi connectivity index (χ2v) is 10.2. The SMILES string of the molecule is COc1ccc(S(=O)(=O)N2CCC[C@@H]2c2nnc(C(=O)Nc3ccc(Cl)cc3)s2)cc1. The van der Waals surface area contributed by atoms with Crippen LogP contribution in [-0.2, 0) is 10.0 Å². The van der Waals surface area contributed by atoms with E-state index in [9.17, 15) is 13.2 Å². The Bertz CT molecular complexity index is 1180. The number of nitrogens with zero attached hydrogens (tertiary/aromatic N) is 3. The third kappa shape index (κ3) is 4.57. The highest BCUT2D eigenvalue weighted by Gasteiger charge is 2.38. The van der Waals surface area contributed by atoms with Gasteiger partial charge in [-0.1, -0.05) is 22.9 Å². The maximum Gasteiger partial charge on any atom is 0.286 e. The fourth-order valence-corrected chi connectivity index (χ4v) is 6.08. The van der Waals surface area contributed by atoms with Crippen molar-refractivity contribution in [3.05, 3.63) is 63.6 Å². The van der Waals surface area contributed by atoms with E-state index >= 15 is 0 Å². The molecular formula is C20H19ClN4O4S2. The minimum atomic E-state index is -3.72. The summed E-state index contributed by atoms with van der Waals surface area (Å²) in [6.45, 7) is 0.380. The first kappa shape index (κ1) is 21.7. The lowest BCUT2D eigenvalue weighted by Crippen LogP contribution is -2.30. The first-order chi connectivity index (χ1) is 14.9. The zero-order valence-electron chi connectivity index (χ0n) is 16.5. The molecule has 1 fully saturated rings. The Labute approximate surface area is 188 Å². The van der Waals surface area contributed by atoms with Crippen LogP contribution in [0.1, 0.15) is 33.7 Å². The summed E-state index contributed by atoms with van der Waals surface area (Å²) in [5.74, 6) is 0.172. The number of carbonyl (C=O) groups excluding carboxylic acids is 1. The fraction of sp³-hybridized carbons (Fsp3) is 0.250. The van der Waals surface area contributed by atoms with Crippen molar-refractivity contribution < 1.29 is 17.9 Å². The normalized spacial score (nSPS) is 16.9. The Kier molecular flexibility index (Phi) is 6.24. The highest BCUT2D eigenvalue weighted by molar-refractivity contribution is 7.89. The van der Waals surface area contributed by atoms with Crippen LogP contribution in [-0.4, -0.2) is 42.5 Å². The van der Waals surface area contributed by atoms with Gasteiger partial charge in [0.1, 0.15) is 10.8 Å². The molecule has 0 radical (unpaired) electrons. The summed E-state index contributed by atoms with van der Waals surface area (Å²) in [5.41, 5.74) is 0.579. The number of rotatable bonds is 6. The average Bonchev–Trinajstić information content (AvgIpc) is 3.45. The Morgan fingerprint density at radius 1 is 1.16 bits per heavy atom. The van der Waals surface area contributed by atoms with E-state index in [1.165, 1.54) is 23.5 Å². The summed E-state index contributed by atoms with van der Waals surface area (Å²) in [7, 11) is -2.20. The zero-order valence-corrected chi connectivity index (χ0v) is 18.9. The van der Waals surface area contributed by atoms with Gasteiger partial charge in [-0.3, -0.25) is 4.79 Å². The number of anilines is 1. The van der Waals surface area contributed by atoms with Crippen LogP contribution in [0.4, 0.5) is 5.69 Å². The van der Waals surface area contributed by atoms with E-state index < -0.39 is 22.0 Å². The van der Waals surface area contributed by atoms with E-state index in [0.29, 0.717) is 40.9 Å². The van der Waals surface area contributed by atoms with Gasteiger partial charge in [0.05, 0.1) is 18.0 Å². The standard InChI is InChI=1S/C20H19ClN4O4S2/c1-29-15-8-10-16(11-9-15)31(27,28)25-12-2-3-17(25)19-23-24-20(30-19)18(26)22-14-6-4-13(21)5-7-14/h4-11,17H,2-3,12H2,1H3,(H,22,26)/t17-/m1/s1. The third-order valence-corrected chi connectivity index (χ3v) is 8.09. The molecule has 1 saturated heterocycles. The number of nitrogens with one attached hydrogen (secondary N) is 1. The number of methoxy groups -OCH3 is 1. The quantitative estimate of drug-likeness (QED) is 0.575. The van der Waals surface area contributed by atoms with Crippen molar-refractivity contribution in [3.8, 4) is 5.75 Å². The third-order valence-electron chi connectivity index (χ3n) is 4.89. The molecule has 0 aliphatic carbocycles. The van der Waals surface area contributed by atoms with E-state index in [-0.39, 0.29) is 9.90 Å². The van der Waals surface area contributed by atoms with Gasteiger partial charge in [-0.2, -0.15) is 4.31 Å². The minimum Gasteiger partial charge on any atom is -0.497 e. The molecule has 3 aromatic rings. The highest BCUT2D eigenvalue weighted by atomic mass is 35.5. The van der Waals surface area contributed by atoms with Gasteiger partial charge >= 0.3 is 0 Å². The Morgan fingerprint density at radius 2 is 1.87 bits per heavy atom. The number of amides is 1. The number of aromatic nitrogens is 2. The number of hydrogen-bond donors (Lipinski definition) is 1. The van der Waals surface area contributed by atoms with Gasteiger partial charge < -0.3 is 10.1 Å². The summed E-state index contributed by atoms with van der Waals surface area (Å²) < 4.78 is 32.9. The molecule has 1 amide bonds. The van der Waals surface area contributed by atoms with Crippen LogP contribution in [0.25, 0.3) is 0 Å². The molecule has 11 heteroatoms. The van der Waals surface area contributed by atoms with Gasteiger partial charge in [-0.25, -0.2) is 8.42 Å². The predicted molar refractivity (Wildman–Crippen MR) is 118 cm³/mol. The van der Waals surface area contributed by atoms with Crippen molar-refractivity contribution in [2.75, 3.05) is 19.0 Å². The number of carbonyl (C=O) groups is 1. The molecule has 0 unspecified atom stereocenters. The number of sulfonamides is 1. The van der Waals surface area contributed by atoms with Crippen molar-refractivity contribution >= 4 is 44.6 Å². The van der Waals surface area contributed by atoms with Gasteiger partial charge in [0, 0.05) is 17.3 Å². The van der Waals surface area contributed by atoms with Crippen molar-refractivity contribution in [1.82, 2.24) is 14.5 Å². The second-order valence-electron chi connectivity index (χ2n) is 6.86. The Balaban J connectivity index is 1.53. The molecule has 4 rings (SSSR count). The van der Waals surface area contributed by atoms with Gasteiger partial charge in [0.2, 0.25) is 15.0 Å². The molecule has 2 aromatic carbocycles. The lowest BCUT2D eigenvalue weighted by molar-refractivity contribution is 0.102. The number of benzene rings is 2. The molecule has 162 valence electrons. The Hall–Kier alpha value is -2.53. The molecular weight excluding hydrogens is 460 g/mol. The van der Waals surface area contributed by atoms with Crippen LogP contribution >= 0.6 is 22.9 Å². The molecule has 0 saturated carbocycles. The van der Waals surface area contributed by atoms with Crippen molar-refractivity contribution in [2.45, 2.75) is 23.8 Å². The van der Waals surface area contributed by atoms with Gasteiger partial charge in [0.25, 0.3) is 5.91 Å². The van der Waals surface area contributed by atoms with Gasteiger partial charge in [0.15, 0.2) is 0 Å². The van der Waals surface area contributed by atoms with Gasteiger partial charge in [-0.15, -0.1) is 10.2 Å². The summed E-state index contributed by atoms with van der Waals surface area (Å²) in [6.07, 6.45) is 1.31. The molecule has 1 N–H and O–H groups in total. The van der Waals surface area contributed by atoms with Crippen LogP contribution in [0.3, 0.4) is 0 Å². The first-order valence-electron chi connectivity index (χ1n) is 9.45. The summed E-state index contributed by atoms with van der Waals surface area (Å²) >= 11 is 6.95. The van der Waals surface area contributed by atoms with Crippen molar-refractivity contribution in [2.24, 2.45) is 0 Å². The maximum absolute atomic E-state index is 13.2. The molecule has 2 heterocycles. The van der Waals surface area contributed by atoms with E-state index in [1.54, 1.807) is 36.4 Å². The van der Waals surface area contributed by atoms with E-state index in [2.05, 4.69) is 15.5 Å². The number of halogens is 1. The molecule has 1 aromatic heterocycles. The monoisotopic (exact) mass is 478 g/mol. The van der Waals surface area contributed by atoms with Crippen LogP contribution in [0.5, 0.6) is 5.75 Å². The lowest BCUT2D eigenvalue weighted by Gasteiger charge is -2.22. The fourth-order valence-electron chi connectivity index (χ4n) is 3.34. The minimum absolute atomic E-state index is 0.165. The smallest absolute Gasteiger partial charge is 0.286 e.